The predicted octanol–water partition coefficient (Wildman–Crippen LogP) is 4.10. The number of hydrogen-bond acceptors (Lipinski definition) is 3. The van der Waals surface area contributed by atoms with Crippen molar-refractivity contribution in [2.75, 3.05) is 18.4 Å². The zero-order valence-electron chi connectivity index (χ0n) is 13.2. The molecule has 1 unspecified atom stereocenters. The monoisotopic (exact) mass is 283 g/mol. The van der Waals surface area contributed by atoms with Crippen molar-refractivity contribution in [3.63, 3.8) is 0 Å². The number of nitrogens with one attached hydrogen (secondary N) is 1. The highest BCUT2D eigenvalue weighted by Gasteiger charge is 2.06. The molecule has 21 heavy (non-hydrogen) atoms. The van der Waals surface area contributed by atoms with E-state index in [1.54, 1.807) is 0 Å². The third-order valence-corrected chi connectivity index (χ3v) is 3.82. The zero-order valence-corrected chi connectivity index (χ0v) is 13.2. The van der Waals surface area contributed by atoms with E-state index in [4.69, 9.17) is 0 Å². The lowest BCUT2D eigenvalue weighted by Crippen LogP contribution is -2.22. The van der Waals surface area contributed by atoms with Gasteiger partial charge in [0.15, 0.2) is 0 Å². The Morgan fingerprint density at radius 2 is 1.81 bits per heavy atom. The van der Waals surface area contributed by atoms with Gasteiger partial charge in [0, 0.05) is 30.7 Å². The Hall–Kier alpha value is -1.87. The van der Waals surface area contributed by atoms with E-state index in [1.165, 1.54) is 16.8 Å². The Morgan fingerprint density at radius 1 is 1.10 bits per heavy atom. The van der Waals surface area contributed by atoms with Gasteiger partial charge in [-0.15, -0.1) is 0 Å². The normalized spacial score (nSPS) is 12.4. The first-order chi connectivity index (χ1) is 10.2. The highest BCUT2D eigenvalue weighted by atomic mass is 15.1. The Labute approximate surface area is 128 Å². The van der Waals surface area contributed by atoms with E-state index in [0.717, 1.165) is 19.6 Å². The Balaban J connectivity index is 2.04. The first-order valence-corrected chi connectivity index (χ1v) is 7.70. The van der Waals surface area contributed by atoms with Crippen LogP contribution in [0, 0.1) is 0 Å². The number of pyridine rings is 1. The lowest BCUT2D eigenvalue weighted by atomic mass is 10.1. The van der Waals surface area contributed by atoms with Gasteiger partial charge in [0.1, 0.15) is 0 Å². The van der Waals surface area contributed by atoms with Crippen molar-refractivity contribution in [3.05, 3.63) is 59.9 Å². The maximum Gasteiger partial charge on any atom is 0.0486 e. The molecular formula is C18H25N3. The molecule has 2 aromatic rings. The molecule has 0 saturated carbocycles. The van der Waals surface area contributed by atoms with Crippen molar-refractivity contribution in [2.45, 2.75) is 33.4 Å². The standard InChI is InChI=1S/C18H25N3/c1-4-21(5-2)14-16-7-6-8-18(13-16)20-15(3)17-9-11-19-12-10-17/h6-13,15,20H,4-5,14H2,1-3H3. The average Bonchev–Trinajstić information content (AvgIpc) is 2.53. The highest BCUT2D eigenvalue weighted by Crippen LogP contribution is 2.20. The second-order valence-corrected chi connectivity index (χ2v) is 5.31. The quantitative estimate of drug-likeness (QED) is 0.829. The largest absolute Gasteiger partial charge is 0.379 e. The summed E-state index contributed by atoms with van der Waals surface area (Å²) < 4.78 is 0. The molecule has 0 amide bonds. The van der Waals surface area contributed by atoms with Crippen LogP contribution in [0.4, 0.5) is 5.69 Å². The number of benzene rings is 1. The van der Waals surface area contributed by atoms with Gasteiger partial charge in [-0.1, -0.05) is 26.0 Å². The molecular weight excluding hydrogens is 258 g/mol. The summed E-state index contributed by atoms with van der Waals surface area (Å²) in [5.41, 5.74) is 3.77. The second-order valence-electron chi connectivity index (χ2n) is 5.31. The molecule has 0 radical (unpaired) electrons. The third kappa shape index (κ3) is 4.57. The predicted molar refractivity (Wildman–Crippen MR) is 89.3 cm³/mol. The molecule has 0 fully saturated rings. The molecule has 0 saturated heterocycles. The van der Waals surface area contributed by atoms with Gasteiger partial charge in [-0.25, -0.2) is 0 Å². The van der Waals surface area contributed by atoms with Crippen molar-refractivity contribution in [2.24, 2.45) is 0 Å². The van der Waals surface area contributed by atoms with Crippen LogP contribution < -0.4 is 5.32 Å². The fourth-order valence-electron chi connectivity index (χ4n) is 2.45. The minimum atomic E-state index is 0.275. The molecule has 0 aliphatic rings. The van der Waals surface area contributed by atoms with E-state index in [0.29, 0.717) is 0 Å². The van der Waals surface area contributed by atoms with Gasteiger partial charge in [-0.2, -0.15) is 0 Å². The molecule has 3 heteroatoms. The van der Waals surface area contributed by atoms with Gasteiger partial charge in [0.05, 0.1) is 0 Å². The summed E-state index contributed by atoms with van der Waals surface area (Å²) in [6.45, 7) is 9.76. The molecule has 112 valence electrons. The molecule has 0 spiro atoms. The van der Waals surface area contributed by atoms with Crippen LogP contribution in [-0.4, -0.2) is 23.0 Å². The molecule has 1 N–H and O–H groups in total. The van der Waals surface area contributed by atoms with Gasteiger partial charge >= 0.3 is 0 Å². The van der Waals surface area contributed by atoms with Crippen LogP contribution in [0.1, 0.15) is 37.9 Å². The fraction of sp³-hybridized carbons (Fsp3) is 0.389. The highest BCUT2D eigenvalue weighted by molar-refractivity contribution is 5.47. The van der Waals surface area contributed by atoms with Crippen LogP contribution in [0.25, 0.3) is 0 Å². The maximum absolute atomic E-state index is 4.07. The Kier molecular flexibility index (Phi) is 5.76. The number of aromatic nitrogens is 1. The van der Waals surface area contributed by atoms with Crippen molar-refractivity contribution in [3.8, 4) is 0 Å². The summed E-state index contributed by atoms with van der Waals surface area (Å²) in [5.74, 6) is 0. The van der Waals surface area contributed by atoms with E-state index in [2.05, 4.69) is 72.4 Å². The van der Waals surface area contributed by atoms with Crippen LogP contribution in [0.5, 0.6) is 0 Å². The molecule has 1 aromatic carbocycles. The first kappa shape index (κ1) is 15.5. The molecule has 0 bridgehead atoms. The molecule has 1 atom stereocenters. The summed E-state index contributed by atoms with van der Waals surface area (Å²) in [5, 5.41) is 3.56. The van der Waals surface area contributed by atoms with Crippen LogP contribution >= 0.6 is 0 Å². The summed E-state index contributed by atoms with van der Waals surface area (Å²) in [7, 11) is 0. The van der Waals surface area contributed by atoms with E-state index >= 15 is 0 Å². The maximum atomic E-state index is 4.07. The van der Waals surface area contributed by atoms with E-state index in [-0.39, 0.29) is 6.04 Å². The van der Waals surface area contributed by atoms with Crippen molar-refractivity contribution in [1.82, 2.24) is 9.88 Å². The zero-order chi connectivity index (χ0) is 15.1. The summed E-state index contributed by atoms with van der Waals surface area (Å²) in [6, 6.07) is 13.1. The minimum absolute atomic E-state index is 0.275. The van der Waals surface area contributed by atoms with E-state index in [1.807, 2.05) is 12.4 Å². The van der Waals surface area contributed by atoms with Crippen LogP contribution in [0.15, 0.2) is 48.8 Å². The minimum Gasteiger partial charge on any atom is -0.379 e. The van der Waals surface area contributed by atoms with Crippen LogP contribution in [0.2, 0.25) is 0 Å². The van der Waals surface area contributed by atoms with E-state index in [9.17, 15) is 0 Å². The van der Waals surface area contributed by atoms with Crippen LogP contribution in [0.3, 0.4) is 0 Å². The number of anilines is 1. The molecule has 2 rings (SSSR count). The van der Waals surface area contributed by atoms with Gasteiger partial charge in [-0.05, 0) is 55.4 Å². The van der Waals surface area contributed by atoms with Gasteiger partial charge in [0.25, 0.3) is 0 Å². The number of hydrogen-bond donors (Lipinski definition) is 1. The number of nitrogens with zero attached hydrogens (tertiary/aromatic N) is 2. The van der Waals surface area contributed by atoms with Gasteiger partial charge in [-0.3, -0.25) is 9.88 Å². The first-order valence-electron chi connectivity index (χ1n) is 7.70. The number of rotatable bonds is 7. The lowest BCUT2D eigenvalue weighted by Gasteiger charge is -2.20. The fourth-order valence-corrected chi connectivity index (χ4v) is 2.45. The van der Waals surface area contributed by atoms with Crippen molar-refractivity contribution in [1.29, 1.82) is 0 Å². The summed E-state index contributed by atoms with van der Waals surface area (Å²) >= 11 is 0. The SMILES string of the molecule is CCN(CC)Cc1cccc(NC(C)c2ccncc2)c1. The van der Waals surface area contributed by atoms with Gasteiger partial charge < -0.3 is 5.32 Å². The summed E-state index contributed by atoms with van der Waals surface area (Å²) in [4.78, 5) is 6.49. The van der Waals surface area contributed by atoms with Crippen LogP contribution in [-0.2, 0) is 6.54 Å². The average molecular weight is 283 g/mol. The smallest absolute Gasteiger partial charge is 0.0486 e. The molecule has 0 aliphatic carbocycles. The molecule has 1 heterocycles. The Bertz CT molecular complexity index is 535. The van der Waals surface area contributed by atoms with Crippen molar-refractivity contribution >= 4 is 5.69 Å². The second kappa shape index (κ2) is 7.79. The van der Waals surface area contributed by atoms with E-state index < -0.39 is 0 Å². The Morgan fingerprint density at radius 3 is 2.48 bits per heavy atom. The van der Waals surface area contributed by atoms with Crippen molar-refractivity contribution < 1.29 is 0 Å². The third-order valence-electron chi connectivity index (χ3n) is 3.82. The summed E-state index contributed by atoms with van der Waals surface area (Å²) in [6.07, 6.45) is 3.68. The van der Waals surface area contributed by atoms with Gasteiger partial charge in [0.2, 0.25) is 0 Å². The molecule has 1 aromatic heterocycles. The molecule has 0 aliphatic heterocycles. The lowest BCUT2D eigenvalue weighted by molar-refractivity contribution is 0.296. The topological polar surface area (TPSA) is 28.2 Å². The molecule has 3 nitrogen and oxygen atoms in total.